The normalized spacial score (nSPS) is 14.8. The Hall–Kier alpha value is -5.06. The maximum atomic E-state index is 12.9. The van der Waals surface area contributed by atoms with Crippen molar-refractivity contribution in [1.29, 1.82) is 0 Å². The Balaban J connectivity index is 2.88. The summed E-state index contributed by atoms with van der Waals surface area (Å²) in [7, 11) is 0. The largest absolute Gasteiger partial charge is 0.481 e. The highest BCUT2D eigenvalue weighted by atomic mass is 16.4. The highest BCUT2D eigenvalue weighted by Gasteiger charge is 2.31. The SMILES string of the molecule is C[C@H](NC(=O)[C@H](Cc1ccccc1)NC(=O)[C@H](C)NC(=O)[C@H](C)NC(=O)[C@H](CC(=O)O)NC(=O)[C@@H](N)CC(=O)O)C(=O)O. The first-order chi connectivity index (χ1) is 20.0. The highest BCUT2D eigenvalue weighted by Crippen LogP contribution is 2.05. The fourth-order valence-corrected chi connectivity index (χ4v) is 3.46. The zero-order valence-corrected chi connectivity index (χ0v) is 23.7. The van der Waals surface area contributed by atoms with Crippen molar-refractivity contribution in [1.82, 2.24) is 26.6 Å². The van der Waals surface area contributed by atoms with Gasteiger partial charge in [0.2, 0.25) is 29.5 Å². The van der Waals surface area contributed by atoms with E-state index in [0.717, 1.165) is 0 Å². The third-order valence-electron chi connectivity index (χ3n) is 5.89. The maximum absolute atomic E-state index is 12.9. The van der Waals surface area contributed by atoms with Gasteiger partial charge in [0.05, 0.1) is 18.9 Å². The monoisotopic (exact) mass is 608 g/mol. The molecule has 0 aromatic heterocycles. The van der Waals surface area contributed by atoms with Crippen molar-refractivity contribution in [3.63, 3.8) is 0 Å². The predicted octanol–water partition coefficient (Wildman–Crippen LogP) is -2.93. The lowest BCUT2D eigenvalue weighted by Crippen LogP contribution is -2.58. The summed E-state index contributed by atoms with van der Waals surface area (Å²) in [4.78, 5) is 96.2. The van der Waals surface area contributed by atoms with Gasteiger partial charge in [-0.3, -0.25) is 38.4 Å². The number of amides is 5. The average molecular weight is 609 g/mol. The molecule has 0 aliphatic heterocycles. The number of carboxylic acids is 3. The van der Waals surface area contributed by atoms with Crippen LogP contribution in [0.25, 0.3) is 0 Å². The van der Waals surface area contributed by atoms with Gasteiger partial charge in [0.15, 0.2) is 0 Å². The molecule has 1 rings (SSSR count). The number of nitrogens with one attached hydrogen (secondary N) is 5. The first-order valence-corrected chi connectivity index (χ1v) is 13.0. The van der Waals surface area contributed by atoms with Gasteiger partial charge < -0.3 is 47.6 Å². The van der Waals surface area contributed by atoms with Crippen LogP contribution in [0.4, 0.5) is 0 Å². The molecule has 0 heterocycles. The quantitative estimate of drug-likeness (QED) is 0.0859. The fourth-order valence-electron chi connectivity index (χ4n) is 3.46. The number of carboxylic acid groups (broad SMARTS) is 3. The van der Waals surface area contributed by atoms with Gasteiger partial charge in [-0.15, -0.1) is 0 Å². The van der Waals surface area contributed by atoms with Crippen LogP contribution in [0.2, 0.25) is 0 Å². The Morgan fingerprint density at radius 3 is 1.56 bits per heavy atom. The Morgan fingerprint density at radius 2 is 1.05 bits per heavy atom. The maximum Gasteiger partial charge on any atom is 0.325 e. The Morgan fingerprint density at radius 1 is 0.605 bits per heavy atom. The van der Waals surface area contributed by atoms with Crippen LogP contribution in [0, 0.1) is 0 Å². The molecular weight excluding hydrogens is 572 g/mol. The van der Waals surface area contributed by atoms with E-state index in [1.807, 2.05) is 5.32 Å². The number of aliphatic carboxylic acids is 3. The van der Waals surface area contributed by atoms with Crippen molar-refractivity contribution >= 4 is 47.4 Å². The van der Waals surface area contributed by atoms with Crippen molar-refractivity contribution in [3.8, 4) is 0 Å². The van der Waals surface area contributed by atoms with Crippen molar-refractivity contribution in [3.05, 3.63) is 35.9 Å². The summed E-state index contributed by atoms with van der Waals surface area (Å²) in [6.07, 6.45) is -1.68. The van der Waals surface area contributed by atoms with E-state index in [0.29, 0.717) is 5.56 Å². The van der Waals surface area contributed by atoms with E-state index in [9.17, 15) is 38.4 Å². The molecule has 0 spiro atoms. The van der Waals surface area contributed by atoms with Crippen LogP contribution >= 0.6 is 0 Å². The van der Waals surface area contributed by atoms with Crippen LogP contribution in [0.1, 0.15) is 39.2 Å². The standard InChI is InChI=1S/C26H36N6O11/c1-12(29-25(41)18(11-20(35)36)32-23(39)16(27)10-19(33)34)21(37)28-13(2)22(38)31-17(9-15-7-5-4-6-8-15)24(40)30-14(3)26(42)43/h4-8,12-14,16-18H,9-11,27H2,1-3H3,(H,28,37)(H,29,41)(H,30,40)(H,31,38)(H,32,39)(H,33,34)(H,35,36)(H,42,43)/t12-,13-,14-,16-,17-,18-/m0/s1. The average Bonchev–Trinajstić information content (AvgIpc) is 2.91. The highest BCUT2D eigenvalue weighted by molar-refractivity contribution is 5.97. The number of nitrogens with two attached hydrogens (primary N) is 1. The molecule has 0 saturated carbocycles. The second kappa shape index (κ2) is 17.0. The van der Waals surface area contributed by atoms with Crippen LogP contribution < -0.4 is 32.3 Å². The third-order valence-corrected chi connectivity index (χ3v) is 5.89. The lowest BCUT2D eigenvalue weighted by molar-refractivity contribution is -0.142. The summed E-state index contributed by atoms with van der Waals surface area (Å²) in [6, 6.07) is 0.240. The molecule has 0 radical (unpaired) electrons. The molecule has 0 aliphatic carbocycles. The molecule has 236 valence electrons. The molecule has 5 amide bonds. The molecule has 0 bridgehead atoms. The van der Waals surface area contributed by atoms with E-state index in [1.54, 1.807) is 30.3 Å². The van der Waals surface area contributed by atoms with Gasteiger partial charge >= 0.3 is 17.9 Å². The number of benzene rings is 1. The molecule has 17 heteroatoms. The van der Waals surface area contributed by atoms with E-state index in [-0.39, 0.29) is 6.42 Å². The van der Waals surface area contributed by atoms with Crippen LogP contribution in [-0.4, -0.2) is 99.0 Å². The zero-order chi connectivity index (χ0) is 32.9. The summed E-state index contributed by atoms with van der Waals surface area (Å²) >= 11 is 0. The van der Waals surface area contributed by atoms with Crippen LogP contribution in [0.15, 0.2) is 30.3 Å². The molecule has 1 aromatic rings. The lowest BCUT2D eigenvalue weighted by Gasteiger charge is -2.24. The van der Waals surface area contributed by atoms with Gasteiger partial charge in [0.1, 0.15) is 30.2 Å². The van der Waals surface area contributed by atoms with Gasteiger partial charge in [-0.1, -0.05) is 30.3 Å². The van der Waals surface area contributed by atoms with E-state index < -0.39 is 96.5 Å². The summed E-state index contributed by atoms with van der Waals surface area (Å²) in [5, 5.41) is 38.3. The Bertz CT molecular complexity index is 1210. The van der Waals surface area contributed by atoms with E-state index in [1.165, 1.54) is 20.8 Å². The van der Waals surface area contributed by atoms with Crippen molar-refractivity contribution in [2.45, 2.75) is 76.3 Å². The zero-order valence-electron chi connectivity index (χ0n) is 23.7. The summed E-state index contributed by atoms with van der Waals surface area (Å²) < 4.78 is 0. The second-order valence-electron chi connectivity index (χ2n) is 9.64. The molecule has 0 aliphatic rings. The van der Waals surface area contributed by atoms with Gasteiger partial charge in [-0.2, -0.15) is 0 Å². The number of hydrogen-bond acceptors (Lipinski definition) is 9. The molecule has 0 saturated heterocycles. The molecule has 0 unspecified atom stereocenters. The van der Waals surface area contributed by atoms with Crippen molar-refractivity contribution in [2.24, 2.45) is 5.73 Å². The van der Waals surface area contributed by atoms with Crippen LogP contribution in [0.3, 0.4) is 0 Å². The van der Waals surface area contributed by atoms with E-state index in [4.69, 9.17) is 21.1 Å². The first kappa shape index (κ1) is 36.0. The minimum absolute atomic E-state index is 0.00465. The number of carbonyl (C=O) groups excluding carboxylic acids is 5. The van der Waals surface area contributed by atoms with E-state index >= 15 is 0 Å². The molecule has 17 nitrogen and oxygen atoms in total. The molecule has 10 N–H and O–H groups in total. The van der Waals surface area contributed by atoms with Gasteiger partial charge in [-0.05, 0) is 26.3 Å². The van der Waals surface area contributed by atoms with Crippen molar-refractivity contribution in [2.75, 3.05) is 0 Å². The van der Waals surface area contributed by atoms with Crippen LogP contribution in [-0.2, 0) is 44.8 Å². The number of hydrogen-bond donors (Lipinski definition) is 9. The Labute approximate surface area is 245 Å². The van der Waals surface area contributed by atoms with E-state index in [2.05, 4.69) is 21.3 Å². The topological polar surface area (TPSA) is 283 Å². The van der Waals surface area contributed by atoms with Gasteiger partial charge in [0, 0.05) is 6.42 Å². The smallest absolute Gasteiger partial charge is 0.325 e. The molecule has 0 fully saturated rings. The second-order valence-corrected chi connectivity index (χ2v) is 9.64. The third kappa shape index (κ3) is 13.0. The first-order valence-electron chi connectivity index (χ1n) is 13.0. The molecule has 6 atom stereocenters. The fraction of sp³-hybridized carbons (Fsp3) is 0.462. The molecular formula is C26H36N6O11. The molecule has 1 aromatic carbocycles. The summed E-state index contributed by atoms with van der Waals surface area (Å²) in [5.74, 6) is -8.84. The van der Waals surface area contributed by atoms with Gasteiger partial charge in [0.25, 0.3) is 0 Å². The van der Waals surface area contributed by atoms with Gasteiger partial charge in [-0.25, -0.2) is 0 Å². The molecule has 43 heavy (non-hydrogen) atoms. The summed E-state index contributed by atoms with van der Waals surface area (Å²) in [5.41, 5.74) is 6.10. The Kier molecular flexibility index (Phi) is 14.2. The number of rotatable bonds is 17. The van der Waals surface area contributed by atoms with Crippen molar-refractivity contribution < 1.29 is 53.7 Å². The minimum Gasteiger partial charge on any atom is -0.481 e. The van der Waals surface area contributed by atoms with Crippen LogP contribution in [0.5, 0.6) is 0 Å². The predicted molar refractivity (Wildman–Crippen MR) is 147 cm³/mol. The number of carbonyl (C=O) groups is 8. The summed E-state index contributed by atoms with van der Waals surface area (Å²) in [6.45, 7) is 3.75. The lowest BCUT2D eigenvalue weighted by atomic mass is 10.0. The minimum atomic E-state index is -1.70.